The zero-order chi connectivity index (χ0) is 33.0. The number of anilines is 1. The Kier molecular flexibility index (Phi) is 12.8. The van der Waals surface area contributed by atoms with Crippen LogP contribution < -0.4 is 10.7 Å². The van der Waals surface area contributed by atoms with Crippen LogP contribution in [0, 0.1) is 0 Å². The number of hydrazine groups is 1. The Balaban J connectivity index is 1.24. The van der Waals surface area contributed by atoms with Crippen molar-refractivity contribution in [1.82, 2.24) is 25.4 Å². The van der Waals surface area contributed by atoms with Crippen molar-refractivity contribution in [3.8, 4) is 0 Å². The van der Waals surface area contributed by atoms with Crippen molar-refractivity contribution in [2.24, 2.45) is 4.99 Å². The van der Waals surface area contributed by atoms with Crippen molar-refractivity contribution in [1.29, 1.82) is 0 Å². The number of carbonyl (C=O) groups is 2. The second-order valence-corrected chi connectivity index (χ2v) is 13.4. The first-order valence-electron chi connectivity index (χ1n) is 16.7. The van der Waals surface area contributed by atoms with Crippen LogP contribution in [0.1, 0.15) is 95.6 Å². The van der Waals surface area contributed by atoms with E-state index in [1.165, 1.54) is 56.4 Å². The smallest absolute Gasteiger partial charge is 0.274 e. The lowest BCUT2D eigenvalue weighted by Gasteiger charge is -2.15. The highest BCUT2D eigenvalue weighted by molar-refractivity contribution is 9.10. The van der Waals surface area contributed by atoms with Gasteiger partial charge in [0.05, 0.1) is 22.8 Å². The summed E-state index contributed by atoms with van der Waals surface area (Å²) < 4.78 is 2.44. The van der Waals surface area contributed by atoms with E-state index in [-0.39, 0.29) is 11.8 Å². The fourth-order valence-electron chi connectivity index (χ4n) is 5.79. The van der Waals surface area contributed by atoms with Gasteiger partial charge in [0, 0.05) is 16.6 Å². The summed E-state index contributed by atoms with van der Waals surface area (Å²) in [6.45, 7) is 2.58. The molecule has 0 bridgehead atoms. The van der Waals surface area contributed by atoms with Gasteiger partial charge in [0.25, 0.3) is 5.91 Å². The predicted octanol–water partition coefficient (Wildman–Crippen LogP) is 9.31. The molecular weight excluding hydrogens is 678 g/mol. The first kappa shape index (κ1) is 34.6. The topological polar surface area (TPSA) is 105 Å². The Labute approximate surface area is 290 Å². The molecule has 1 saturated heterocycles. The largest absolute Gasteiger partial charge is 0.326 e. The fourth-order valence-corrected chi connectivity index (χ4v) is 6.30. The molecule has 4 aromatic rings. The fraction of sp³-hybridized carbons (Fsp3) is 0.417. The summed E-state index contributed by atoms with van der Waals surface area (Å²) in [6.07, 6.45) is 14.1. The summed E-state index contributed by atoms with van der Waals surface area (Å²) in [5.41, 5.74) is 6.51. The molecule has 1 aliphatic rings. The number of amides is 2. The minimum Gasteiger partial charge on any atom is -0.326 e. The number of unbranched alkanes of at least 4 members (excludes halogenated alkanes) is 10. The van der Waals surface area contributed by atoms with E-state index in [0.717, 1.165) is 29.3 Å². The summed E-state index contributed by atoms with van der Waals surface area (Å²) in [7, 11) is 0. The number of fused-ring (bicyclic) bond motifs is 1. The predicted molar refractivity (Wildman–Crippen MR) is 193 cm³/mol. The maximum Gasteiger partial charge on any atom is 0.274 e. The third kappa shape index (κ3) is 9.64. The quantitative estimate of drug-likeness (QED) is 0.106. The highest BCUT2D eigenvalue weighted by Crippen LogP contribution is 2.32. The summed E-state index contributed by atoms with van der Waals surface area (Å²) in [4.78, 5) is 31.4. The van der Waals surface area contributed by atoms with Crippen molar-refractivity contribution < 1.29 is 9.59 Å². The molecule has 2 amide bonds. The van der Waals surface area contributed by atoms with Gasteiger partial charge in [-0.05, 0) is 48.4 Å². The zero-order valence-corrected chi connectivity index (χ0v) is 29.3. The Morgan fingerprint density at radius 2 is 1.64 bits per heavy atom. The van der Waals surface area contributed by atoms with Gasteiger partial charge in [-0.3, -0.25) is 15.0 Å². The number of nitrogens with one attached hydrogen (secondary N) is 2. The molecule has 0 saturated carbocycles. The minimum absolute atomic E-state index is 0.0387. The van der Waals surface area contributed by atoms with Gasteiger partial charge in [0.1, 0.15) is 5.52 Å². The average Bonchev–Trinajstić information content (AvgIpc) is 3.60. The average molecular weight is 721 g/mol. The van der Waals surface area contributed by atoms with E-state index < -0.39 is 6.04 Å². The lowest BCUT2D eigenvalue weighted by atomic mass is 10.1. The third-order valence-corrected chi connectivity index (χ3v) is 9.16. The third-order valence-electron chi connectivity index (χ3n) is 8.35. The molecule has 0 aliphatic carbocycles. The number of halogens is 2. The van der Waals surface area contributed by atoms with Gasteiger partial charge in [-0.1, -0.05) is 134 Å². The highest BCUT2D eigenvalue weighted by atomic mass is 79.9. The molecular formula is C36H43BrClN7O2. The molecule has 0 radical (unpaired) electrons. The van der Waals surface area contributed by atoms with Crippen molar-refractivity contribution in [2.45, 2.75) is 96.6 Å². The van der Waals surface area contributed by atoms with E-state index in [1.807, 2.05) is 48.5 Å². The van der Waals surface area contributed by atoms with Crippen LogP contribution in [0.15, 0.2) is 76.2 Å². The number of hydrogen-bond donors (Lipinski definition) is 2. The lowest BCUT2D eigenvalue weighted by molar-refractivity contribution is -0.132. The Morgan fingerprint density at radius 3 is 2.36 bits per heavy atom. The maximum atomic E-state index is 13.9. The van der Waals surface area contributed by atoms with Gasteiger partial charge < -0.3 is 5.32 Å². The Hall–Kier alpha value is -3.76. The number of benzene rings is 3. The Morgan fingerprint density at radius 1 is 0.936 bits per heavy atom. The number of nitrogens with zero attached hydrogens (tertiary/aromatic N) is 5. The lowest BCUT2D eigenvalue weighted by Crippen LogP contribution is -2.35. The first-order chi connectivity index (χ1) is 22.9. The molecule has 47 heavy (non-hydrogen) atoms. The van der Waals surface area contributed by atoms with Crippen molar-refractivity contribution in [3.63, 3.8) is 0 Å². The second-order valence-electron chi connectivity index (χ2n) is 12.1. The SMILES string of the molecule is CCCCCCCCCCCCCC(=O)Nc1ccc(Cl)c(N=C2NN(Cc3ccccc3)C(=O)C2n2nnc3cc(Br)ccc32)c1. The Bertz CT molecular complexity index is 1680. The summed E-state index contributed by atoms with van der Waals surface area (Å²) in [6, 6.07) is 19.6. The minimum atomic E-state index is -0.889. The molecule has 2 heterocycles. The molecule has 1 aromatic heterocycles. The van der Waals surface area contributed by atoms with Gasteiger partial charge in [-0.25, -0.2) is 14.7 Å². The van der Waals surface area contributed by atoms with Gasteiger partial charge in [0.15, 0.2) is 11.9 Å². The molecule has 1 aliphatic heterocycles. The second kappa shape index (κ2) is 17.4. The van der Waals surface area contributed by atoms with Crippen molar-refractivity contribution in [3.05, 3.63) is 81.8 Å². The molecule has 1 fully saturated rings. The summed E-state index contributed by atoms with van der Waals surface area (Å²) in [5.74, 6) is 0.0880. The molecule has 1 atom stereocenters. The van der Waals surface area contributed by atoms with E-state index in [4.69, 9.17) is 16.6 Å². The van der Waals surface area contributed by atoms with E-state index in [2.05, 4.69) is 43.9 Å². The van der Waals surface area contributed by atoms with Crippen LogP contribution in [0.4, 0.5) is 11.4 Å². The van der Waals surface area contributed by atoms with Crippen molar-refractivity contribution >= 4 is 67.6 Å². The molecule has 0 spiro atoms. The number of aromatic nitrogens is 3. The van der Waals surface area contributed by atoms with Gasteiger partial charge >= 0.3 is 0 Å². The number of aliphatic imine (C=N–C) groups is 1. The van der Waals surface area contributed by atoms with Crippen LogP contribution in [0.25, 0.3) is 11.0 Å². The van der Waals surface area contributed by atoms with Crippen LogP contribution in [-0.2, 0) is 16.1 Å². The number of amidine groups is 1. The van der Waals surface area contributed by atoms with Crippen LogP contribution in [-0.4, -0.2) is 37.7 Å². The van der Waals surface area contributed by atoms with E-state index >= 15 is 0 Å². The van der Waals surface area contributed by atoms with E-state index in [0.29, 0.717) is 46.2 Å². The molecule has 9 nitrogen and oxygen atoms in total. The first-order valence-corrected chi connectivity index (χ1v) is 17.9. The molecule has 1 unspecified atom stereocenters. The molecule has 11 heteroatoms. The normalized spacial score (nSPS) is 15.5. The van der Waals surface area contributed by atoms with Crippen LogP contribution >= 0.6 is 27.5 Å². The van der Waals surface area contributed by atoms with E-state index in [9.17, 15) is 9.59 Å². The van der Waals surface area contributed by atoms with Gasteiger partial charge in [-0.2, -0.15) is 0 Å². The molecule has 248 valence electrons. The number of carbonyl (C=O) groups excluding carboxylic acids is 2. The molecule has 2 N–H and O–H groups in total. The van der Waals surface area contributed by atoms with Crippen LogP contribution in [0.3, 0.4) is 0 Å². The number of rotatable bonds is 17. The van der Waals surface area contributed by atoms with Gasteiger partial charge in [0.2, 0.25) is 5.91 Å². The standard InChI is InChI=1S/C36H43BrClN7O2/c1-2-3-4-5-6-7-8-9-10-11-15-18-33(46)39-28-20-21-29(38)30(24-28)40-35-34(45-32-22-19-27(37)23-31(32)41-43-45)36(47)44(42-35)25-26-16-13-12-14-17-26/h12-14,16-17,19-24,34H,2-11,15,18,25H2,1H3,(H,39,46)(H,40,42). The van der Waals surface area contributed by atoms with Crippen LogP contribution in [0.2, 0.25) is 5.02 Å². The van der Waals surface area contributed by atoms with Crippen LogP contribution in [0.5, 0.6) is 0 Å². The summed E-state index contributed by atoms with van der Waals surface area (Å²) >= 11 is 10.1. The van der Waals surface area contributed by atoms with Gasteiger partial charge in [-0.15, -0.1) is 5.10 Å². The van der Waals surface area contributed by atoms with E-state index in [1.54, 1.807) is 22.9 Å². The molecule has 3 aromatic carbocycles. The highest BCUT2D eigenvalue weighted by Gasteiger charge is 2.40. The summed E-state index contributed by atoms with van der Waals surface area (Å²) in [5, 5.41) is 13.5. The van der Waals surface area contributed by atoms with Crippen molar-refractivity contribution in [2.75, 3.05) is 5.32 Å². The monoisotopic (exact) mass is 719 g/mol. The number of hydrogen-bond acceptors (Lipinski definition) is 5. The molecule has 5 rings (SSSR count). The maximum absolute atomic E-state index is 13.9. The zero-order valence-electron chi connectivity index (χ0n) is 26.9.